The van der Waals surface area contributed by atoms with Crippen LogP contribution in [0.4, 0.5) is 0 Å². The van der Waals surface area contributed by atoms with Gasteiger partial charge in [0.25, 0.3) is 0 Å². The Kier molecular flexibility index (Phi) is 7.23. The third-order valence-corrected chi connectivity index (χ3v) is 9.08. The number of amides is 1. The maximum atomic E-state index is 13.7. The van der Waals surface area contributed by atoms with Crippen LogP contribution in [0.1, 0.15) is 29.7 Å². The van der Waals surface area contributed by atoms with Crippen LogP contribution in [0.15, 0.2) is 57.9 Å². The summed E-state index contributed by atoms with van der Waals surface area (Å²) in [6.07, 6.45) is -0.0846. The van der Waals surface area contributed by atoms with Gasteiger partial charge in [0, 0.05) is 19.1 Å². The molecule has 0 unspecified atom stereocenters. The fourth-order valence-electron chi connectivity index (χ4n) is 4.12. The topological polar surface area (TPSA) is 113 Å². The lowest BCUT2D eigenvalue weighted by atomic mass is 9.92. The minimum Gasteiger partial charge on any atom is -0.497 e. The minimum atomic E-state index is -4.01. The van der Waals surface area contributed by atoms with E-state index in [0.29, 0.717) is 22.9 Å². The predicted molar refractivity (Wildman–Crippen MR) is 128 cm³/mol. The maximum absolute atomic E-state index is 13.7. The van der Waals surface area contributed by atoms with Crippen molar-refractivity contribution in [2.24, 2.45) is 0 Å². The number of nitrogens with zero attached hydrogens (tertiary/aromatic N) is 3. The zero-order valence-electron chi connectivity index (χ0n) is 20.0. The van der Waals surface area contributed by atoms with Gasteiger partial charge in [-0.05, 0) is 48.9 Å². The standard InChI is InChI=1S/C23H26N3O7PS/c1-15-24-22(33-25-15)23(35-19-12-10-18(30-3)11-13-19)14-20(27)26(34(28,31-4)32-5)21(23)16-6-8-17(29-2)9-7-16/h6-13,21H,14H2,1-5H3/t21-,23-/m1/s1. The highest BCUT2D eigenvalue weighted by molar-refractivity contribution is 8.00. The Hall–Kier alpha value is -2.85. The molecular formula is C23H26N3O7PS. The molecule has 0 aliphatic carbocycles. The van der Waals surface area contributed by atoms with E-state index in [4.69, 9.17) is 23.0 Å². The van der Waals surface area contributed by atoms with Gasteiger partial charge in [0.15, 0.2) is 5.82 Å². The third kappa shape index (κ3) is 4.56. The Balaban J connectivity index is 1.95. The molecule has 2 atom stereocenters. The molecule has 0 bridgehead atoms. The molecule has 12 heteroatoms. The summed E-state index contributed by atoms with van der Waals surface area (Å²) in [5.41, 5.74) is 0.669. The second-order valence-corrected chi connectivity index (χ2v) is 11.2. The van der Waals surface area contributed by atoms with Crippen molar-refractivity contribution in [1.29, 1.82) is 0 Å². The zero-order chi connectivity index (χ0) is 25.2. The van der Waals surface area contributed by atoms with E-state index in [-0.39, 0.29) is 12.3 Å². The van der Waals surface area contributed by atoms with Crippen LogP contribution in [-0.2, 0) is 23.2 Å². The number of ether oxygens (including phenoxy) is 2. The highest BCUT2D eigenvalue weighted by atomic mass is 32.2. The van der Waals surface area contributed by atoms with Crippen molar-refractivity contribution >= 4 is 25.4 Å². The minimum absolute atomic E-state index is 0.0846. The fourth-order valence-corrected chi connectivity index (χ4v) is 7.07. The van der Waals surface area contributed by atoms with Crippen molar-refractivity contribution in [3.05, 3.63) is 65.8 Å². The number of carbonyl (C=O) groups excluding carboxylic acids is 1. The van der Waals surface area contributed by atoms with Gasteiger partial charge in [-0.25, -0.2) is 9.24 Å². The van der Waals surface area contributed by atoms with Gasteiger partial charge >= 0.3 is 7.75 Å². The molecule has 2 heterocycles. The number of carbonyl (C=O) groups is 1. The highest BCUT2D eigenvalue weighted by Gasteiger charge is 2.62. The van der Waals surface area contributed by atoms with Gasteiger partial charge in [-0.1, -0.05) is 17.3 Å². The Bertz CT molecular complexity index is 1230. The average Bonchev–Trinajstić information content (AvgIpc) is 3.45. The van der Waals surface area contributed by atoms with Gasteiger partial charge in [0.1, 0.15) is 16.2 Å². The third-order valence-electron chi connectivity index (χ3n) is 5.76. The van der Waals surface area contributed by atoms with Gasteiger partial charge in [-0.3, -0.25) is 13.8 Å². The molecule has 0 N–H and O–H groups in total. The monoisotopic (exact) mass is 519 g/mol. The lowest BCUT2D eigenvalue weighted by Gasteiger charge is -2.36. The first-order chi connectivity index (χ1) is 16.8. The van der Waals surface area contributed by atoms with E-state index in [1.807, 2.05) is 24.3 Å². The number of hydrogen-bond donors (Lipinski definition) is 0. The summed E-state index contributed by atoms with van der Waals surface area (Å²) in [6.45, 7) is 1.70. The Morgan fingerprint density at radius 3 is 2.06 bits per heavy atom. The molecule has 1 aromatic heterocycles. The molecule has 1 fully saturated rings. The summed E-state index contributed by atoms with van der Waals surface area (Å²) in [5.74, 6) is 1.53. The molecule has 0 saturated carbocycles. The Morgan fingerprint density at radius 1 is 1.00 bits per heavy atom. The molecule has 1 aliphatic heterocycles. The van der Waals surface area contributed by atoms with Crippen LogP contribution in [0.5, 0.6) is 11.5 Å². The molecule has 0 spiro atoms. The van der Waals surface area contributed by atoms with E-state index in [2.05, 4.69) is 10.1 Å². The quantitative estimate of drug-likeness (QED) is 0.367. The van der Waals surface area contributed by atoms with Gasteiger partial charge in [-0.2, -0.15) is 4.98 Å². The van der Waals surface area contributed by atoms with Crippen molar-refractivity contribution in [2.45, 2.75) is 29.0 Å². The van der Waals surface area contributed by atoms with Crippen molar-refractivity contribution < 1.29 is 32.4 Å². The normalized spacial score (nSPS) is 20.3. The smallest absolute Gasteiger partial charge is 0.437 e. The second-order valence-electron chi connectivity index (χ2n) is 7.74. The first-order valence-electron chi connectivity index (χ1n) is 10.6. The fraction of sp³-hybridized carbons (Fsp3) is 0.348. The molecule has 3 aromatic rings. The van der Waals surface area contributed by atoms with Crippen molar-refractivity contribution in [3.8, 4) is 11.5 Å². The van der Waals surface area contributed by atoms with E-state index in [0.717, 1.165) is 4.90 Å². The highest BCUT2D eigenvalue weighted by Crippen LogP contribution is 2.67. The summed E-state index contributed by atoms with van der Waals surface area (Å²) < 4.78 is 40.5. The van der Waals surface area contributed by atoms with Crippen LogP contribution in [0.25, 0.3) is 0 Å². The first kappa shape index (κ1) is 25.2. The summed E-state index contributed by atoms with van der Waals surface area (Å²) in [5, 5.41) is 3.98. The van der Waals surface area contributed by atoms with Crippen LogP contribution >= 0.6 is 19.5 Å². The van der Waals surface area contributed by atoms with Crippen molar-refractivity contribution in [1.82, 2.24) is 14.8 Å². The Morgan fingerprint density at radius 2 is 1.57 bits per heavy atom. The van der Waals surface area contributed by atoms with Crippen LogP contribution in [-0.4, -0.2) is 49.2 Å². The lowest BCUT2D eigenvalue weighted by molar-refractivity contribution is -0.125. The van der Waals surface area contributed by atoms with Gasteiger partial charge in [0.05, 0.1) is 26.7 Å². The van der Waals surface area contributed by atoms with Crippen molar-refractivity contribution in [3.63, 3.8) is 0 Å². The van der Waals surface area contributed by atoms with E-state index in [9.17, 15) is 9.36 Å². The summed E-state index contributed by atoms with van der Waals surface area (Å²) in [4.78, 5) is 18.9. The number of aryl methyl sites for hydroxylation is 1. The summed E-state index contributed by atoms with van der Waals surface area (Å²) >= 11 is 1.36. The molecule has 4 rings (SSSR count). The van der Waals surface area contributed by atoms with E-state index < -0.39 is 24.4 Å². The SMILES string of the molecule is COc1ccc(S[C@]2(c3nc(C)no3)CC(=O)N(P(=O)(OC)OC)[C@@H]2c2ccc(OC)cc2)cc1. The molecule has 1 saturated heterocycles. The molecule has 35 heavy (non-hydrogen) atoms. The number of thioether (sulfide) groups is 1. The second kappa shape index (κ2) is 10.0. The first-order valence-corrected chi connectivity index (χ1v) is 12.9. The summed E-state index contributed by atoms with van der Waals surface area (Å²) in [7, 11) is 1.64. The average molecular weight is 520 g/mol. The number of hydrogen-bond acceptors (Lipinski definition) is 10. The number of rotatable bonds is 9. The van der Waals surface area contributed by atoms with Gasteiger partial charge in [-0.15, -0.1) is 11.8 Å². The number of methoxy groups -OCH3 is 2. The number of benzene rings is 2. The molecule has 1 aliphatic rings. The van der Waals surface area contributed by atoms with Crippen LogP contribution in [0, 0.1) is 6.92 Å². The maximum Gasteiger partial charge on any atom is 0.437 e. The molecule has 0 radical (unpaired) electrons. The van der Waals surface area contributed by atoms with Gasteiger partial charge in [0.2, 0.25) is 11.8 Å². The Labute approximate surface area is 207 Å². The molecule has 186 valence electrons. The number of aromatic nitrogens is 2. The summed E-state index contributed by atoms with van der Waals surface area (Å²) in [6, 6.07) is 13.7. The lowest BCUT2D eigenvalue weighted by Crippen LogP contribution is -2.33. The molecular weight excluding hydrogens is 493 g/mol. The van der Waals surface area contributed by atoms with Gasteiger partial charge < -0.3 is 14.0 Å². The van der Waals surface area contributed by atoms with E-state index >= 15 is 0 Å². The molecule has 1 amide bonds. The van der Waals surface area contributed by atoms with Crippen LogP contribution in [0.3, 0.4) is 0 Å². The van der Waals surface area contributed by atoms with Crippen LogP contribution < -0.4 is 9.47 Å². The molecule has 10 nitrogen and oxygen atoms in total. The zero-order valence-corrected chi connectivity index (χ0v) is 21.7. The molecule has 2 aromatic carbocycles. The largest absolute Gasteiger partial charge is 0.497 e. The van der Waals surface area contributed by atoms with Crippen molar-refractivity contribution in [2.75, 3.05) is 28.4 Å². The predicted octanol–water partition coefficient (Wildman–Crippen LogP) is 4.76. The van der Waals surface area contributed by atoms with E-state index in [1.54, 1.807) is 45.4 Å². The van der Waals surface area contributed by atoms with E-state index in [1.165, 1.54) is 30.7 Å². The van der Waals surface area contributed by atoms with Crippen LogP contribution in [0.2, 0.25) is 0 Å².